The summed E-state index contributed by atoms with van der Waals surface area (Å²) in [5.74, 6) is -3.59. The molecule has 0 heterocycles. The van der Waals surface area contributed by atoms with Gasteiger partial charge in [0.05, 0.1) is 12.1 Å². The molecular formula is C25H32N4O7S. The monoisotopic (exact) mass is 532 g/mol. The molecule has 0 aliphatic carbocycles. The molecule has 0 saturated heterocycles. The lowest BCUT2D eigenvalue weighted by Gasteiger charge is -2.26. The molecule has 37 heavy (non-hydrogen) atoms. The highest BCUT2D eigenvalue weighted by atomic mass is 32.1. The molecule has 5 atom stereocenters. The number of carbonyl (C=O) groups is 4. The van der Waals surface area contributed by atoms with Crippen LogP contribution >= 0.6 is 12.6 Å². The number of hydrogen-bond donors (Lipinski definition) is 8. The van der Waals surface area contributed by atoms with Gasteiger partial charge in [-0.15, -0.1) is 0 Å². The average molecular weight is 533 g/mol. The number of phenolic OH excluding ortho intramolecular Hbond substituents is 1. The maximum absolute atomic E-state index is 13.1. The first-order chi connectivity index (χ1) is 17.5. The maximum atomic E-state index is 13.1. The van der Waals surface area contributed by atoms with Crippen LogP contribution < -0.4 is 21.7 Å². The largest absolute Gasteiger partial charge is 0.508 e. The number of nitrogens with one attached hydrogen (secondary N) is 3. The fourth-order valence-electron chi connectivity index (χ4n) is 3.41. The van der Waals surface area contributed by atoms with Crippen molar-refractivity contribution in [1.29, 1.82) is 0 Å². The van der Waals surface area contributed by atoms with Crippen LogP contribution in [0.1, 0.15) is 18.1 Å². The van der Waals surface area contributed by atoms with Crippen LogP contribution in [0.2, 0.25) is 0 Å². The van der Waals surface area contributed by atoms with Gasteiger partial charge < -0.3 is 37.0 Å². The number of aliphatic hydroxyl groups is 1. The molecule has 2 aromatic rings. The molecular weight excluding hydrogens is 500 g/mol. The fraction of sp³-hybridized carbons (Fsp3) is 0.360. The van der Waals surface area contributed by atoms with E-state index in [1.807, 2.05) is 0 Å². The Bertz CT molecular complexity index is 1070. The van der Waals surface area contributed by atoms with Crippen molar-refractivity contribution < 1.29 is 34.5 Å². The van der Waals surface area contributed by atoms with Crippen LogP contribution in [0.4, 0.5) is 0 Å². The highest BCUT2D eigenvalue weighted by Crippen LogP contribution is 2.12. The number of carboxylic acid groups (broad SMARTS) is 1. The summed E-state index contributed by atoms with van der Waals surface area (Å²) in [5.41, 5.74) is 6.98. The first kappa shape index (κ1) is 29.6. The van der Waals surface area contributed by atoms with Crippen LogP contribution in [0, 0.1) is 0 Å². The second-order valence-electron chi connectivity index (χ2n) is 8.54. The van der Waals surface area contributed by atoms with Crippen LogP contribution in [0.25, 0.3) is 0 Å². The van der Waals surface area contributed by atoms with Gasteiger partial charge in [-0.1, -0.05) is 42.5 Å². The van der Waals surface area contributed by atoms with E-state index in [4.69, 9.17) is 5.73 Å². The molecule has 0 spiro atoms. The van der Waals surface area contributed by atoms with Crippen molar-refractivity contribution in [3.05, 3.63) is 65.7 Å². The topological polar surface area (TPSA) is 191 Å². The summed E-state index contributed by atoms with van der Waals surface area (Å²) in [4.78, 5) is 50.2. The number of carbonyl (C=O) groups excluding carboxylic acids is 3. The van der Waals surface area contributed by atoms with Gasteiger partial charge in [-0.2, -0.15) is 12.6 Å². The van der Waals surface area contributed by atoms with Gasteiger partial charge in [0.15, 0.2) is 0 Å². The Morgan fingerprint density at radius 3 is 1.92 bits per heavy atom. The van der Waals surface area contributed by atoms with Gasteiger partial charge in [-0.05, 0) is 30.2 Å². The Hall–Kier alpha value is -3.61. The molecule has 200 valence electrons. The molecule has 11 nitrogen and oxygen atoms in total. The van der Waals surface area contributed by atoms with Crippen LogP contribution in [0.15, 0.2) is 54.6 Å². The summed E-state index contributed by atoms with van der Waals surface area (Å²) < 4.78 is 0. The van der Waals surface area contributed by atoms with E-state index in [0.29, 0.717) is 5.56 Å². The van der Waals surface area contributed by atoms with Gasteiger partial charge in [-0.3, -0.25) is 14.4 Å². The van der Waals surface area contributed by atoms with Crippen LogP contribution in [0.3, 0.4) is 0 Å². The third-order valence-electron chi connectivity index (χ3n) is 5.50. The number of phenols is 1. The minimum absolute atomic E-state index is 0.00372. The molecule has 5 unspecified atom stereocenters. The van der Waals surface area contributed by atoms with E-state index < -0.39 is 54.0 Å². The number of nitrogens with two attached hydrogens (primary N) is 1. The minimum atomic E-state index is -1.51. The van der Waals surface area contributed by atoms with Gasteiger partial charge in [0.1, 0.15) is 23.9 Å². The Morgan fingerprint density at radius 1 is 0.838 bits per heavy atom. The van der Waals surface area contributed by atoms with Crippen molar-refractivity contribution in [3.8, 4) is 5.75 Å². The maximum Gasteiger partial charge on any atom is 0.326 e. The SMILES string of the molecule is CC(O)C(NC(=O)C(Cc1ccccc1)NC(=O)C(N)CS)C(=O)NC(Cc1ccc(O)cc1)C(=O)O. The number of amides is 3. The van der Waals surface area contributed by atoms with Gasteiger partial charge in [0, 0.05) is 18.6 Å². The number of hydrogen-bond acceptors (Lipinski definition) is 8. The van der Waals surface area contributed by atoms with Crippen LogP contribution in [-0.4, -0.2) is 75.0 Å². The molecule has 0 aromatic heterocycles. The van der Waals surface area contributed by atoms with Gasteiger partial charge >= 0.3 is 5.97 Å². The summed E-state index contributed by atoms with van der Waals surface area (Å²) in [7, 11) is 0. The zero-order valence-corrected chi connectivity index (χ0v) is 21.1. The summed E-state index contributed by atoms with van der Waals surface area (Å²) in [5, 5.41) is 36.5. The molecule has 0 radical (unpaired) electrons. The van der Waals surface area contributed by atoms with Gasteiger partial charge in [0.2, 0.25) is 17.7 Å². The number of aromatic hydroxyl groups is 1. The van der Waals surface area contributed by atoms with Crippen molar-refractivity contribution in [2.45, 2.75) is 50.0 Å². The molecule has 0 aliphatic heterocycles. The summed E-state index contributed by atoms with van der Waals surface area (Å²) in [6.45, 7) is 1.27. The van der Waals surface area contributed by atoms with E-state index in [9.17, 15) is 34.5 Å². The second-order valence-corrected chi connectivity index (χ2v) is 8.90. The molecule has 0 saturated carbocycles. The molecule has 12 heteroatoms. The van der Waals surface area contributed by atoms with Gasteiger partial charge in [-0.25, -0.2) is 4.79 Å². The normalized spacial score (nSPS) is 14.9. The van der Waals surface area contributed by atoms with E-state index in [1.54, 1.807) is 30.3 Å². The molecule has 3 amide bonds. The fourth-order valence-corrected chi connectivity index (χ4v) is 3.57. The van der Waals surface area contributed by atoms with Crippen molar-refractivity contribution >= 4 is 36.3 Å². The van der Waals surface area contributed by atoms with E-state index >= 15 is 0 Å². The summed E-state index contributed by atoms with van der Waals surface area (Å²) >= 11 is 3.99. The van der Waals surface area contributed by atoms with Crippen molar-refractivity contribution in [2.75, 3.05) is 5.75 Å². The van der Waals surface area contributed by atoms with E-state index in [2.05, 4.69) is 28.6 Å². The molecule has 0 aliphatic rings. The van der Waals surface area contributed by atoms with Crippen molar-refractivity contribution in [2.24, 2.45) is 5.73 Å². The third kappa shape index (κ3) is 9.41. The lowest BCUT2D eigenvalue weighted by molar-refractivity contribution is -0.143. The number of thiol groups is 1. The summed E-state index contributed by atoms with van der Waals surface area (Å²) in [6.07, 6.45) is -1.42. The van der Waals surface area contributed by atoms with Gasteiger partial charge in [0.25, 0.3) is 0 Å². The zero-order valence-electron chi connectivity index (χ0n) is 20.2. The first-order valence-corrected chi connectivity index (χ1v) is 12.1. The number of benzene rings is 2. The van der Waals surface area contributed by atoms with Crippen molar-refractivity contribution in [3.63, 3.8) is 0 Å². The lowest BCUT2D eigenvalue weighted by Crippen LogP contribution is -2.60. The number of aliphatic carboxylic acids is 1. The van der Waals surface area contributed by atoms with E-state index in [-0.39, 0.29) is 24.3 Å². The molecule has 0 fully saturated rings. The smallest absolute Gasteiger partial charge is 0.326 e. The Kier molecular flexibility index (Phi) is 11.4. The molecule has 0 bridgehead atoms. The Balaban J connectivity index is 2.18. The minimum Gasteiger partial charge on any atom is -0.508 e. The lowest BCUT2D eigenvalue weighted by atomic mass is 10.0. The standard InChI is InChI=1S/C25H32N4O7S/c1-14(30)21(24(34)28-20(25(35)36)12-16-7-9-17(31)10-8-16)29-23(33)19(27-22(32)18(26)13-37)11-15-5-3-2-4-6-15/h2-10,14,18-21,30-31,37H,11-13,26H2,1H3,(H,27,32)(H,28,34)(H,29,33)(H,35,36). The predicted molar refractivity (Wildman–Crippen MR) is 139 cm³/mol. The number of carboxylic acids is 1. The molecule has 2 rings (SSSR count). The zero-order chi connectivity index (χ0) is 27.5. The van der Waals surface area contributed by atoms with Crippen LogP contribution in [0.5, 0.6) is 5.75 Å². The quantitative estimate of drug-likeness (QED) is 0.156. The summed E-state index contributed by atoms with van der Waals surface area (Å²) in [6, 6.07) is 9.62. The molecule has 8 N–H and O–H groups in total. The van der Waals surface area contributed by atoms with E-state index in [1.165, 1.54) is 31.2 Å². The number of rotatable bonds is 13. The van der Waals surface area contributed by atoms with E-state index in [0.717, 1.165) is 5.56 Å². The predicted octanol–water partition coefficient (Wildman–Crippen LogP) is -0.646. The molecule has 2 aromatic carbocycles. The Morgan fingerprint density at radius 2 is 1.38 bits per heavy atom. The average Bonchev–Trinajstić information content (AvgIpc) is 2.87. The third-order valence-corrected chi connectivity index (χ3v) is 5.90. The highest BCUT2D eigenvalue weighted by Gasteiger charge is 2.32. The van der Waals surface area contributed by atoms with Crippen LogP contribution in [-0.2, 0) is 32.0 Å². The highest BCUT2D eigenvalue weighted by molar-refractivity contribution is 7.80. The number of aliphatic hydroxyl groups excluding tert-OH is 1. The Labute approximate surface area is 219 Å². The first-order valence-electron chi connectivity index (χ1n) is 11.5. The van der Waals surface area contributed by atoms with Crippen molar-refractivity contribution in [1.82, 2.24) is 16.0 Å². The second kappa shape index (κ2) is 14.2.